The Morgan fingerprint density at radius 3 is 2.55 bits per heavy atom. The number of halogens is 2. The van der Waals surface area contributed by atoms with Gasteiger partial charge in [0.25, 0.3) is 5.91 Å². The number of morpholine rings is 1. The van der Waals surface area contributed by atoms with Crippen molar-refractivity contribution in [2.75, 3.05) is 26.3 Å². The van der Waals surface area contributed by atoms with Crippen molar-refractivity contribution in [3.05, 3.63) is 87.6 Å². The summed E-state index contributed by atoms with van der Waals surface area (Å²) in [5.74, 6) is 0.353. The molecule has 1 amide bonds. The second kappa shape index (κ2) is 10.3. The van der Waals surface area contributed by atoms with Crippen molar-refractivity contribution in [1.29, 1.82) is 0 Å². The zero-order valence-corrected chi connectivity index (χ0v) is 18.5. The lowest BCUT2D eigenvalue weighted by Crippen LogP contribution is -2.40. The highest BCUT2D eigenvalue weighted by molar-refractivity contribution is 6.35. The molecule has 1 saturated heterocycles. The van der Waals surface area contributed by atoms with E-state index in [0.29, 0.717) is 67.6 Å². The Kier molecular flexibility index (Phi) is 7.25. The Bertz CT molecular complexity index is 1020. The van der Waals surface area contributed by atoms with Crippen molar-refractivity contribution in [3.63, 3.8) is 0 Å². The summed E-state index contributed by atoms with van der Waals surface area (Å²) in [4.78, 5) is 21.0. The zero-order valence-electron chi connectivity index (χ0n) is 17.0. The fraction of sp³-hybridized carbons (Fsp3) is 0.304. The number of ether oxygens (including phenoxy) is 1. The lowest BCUT2D eigenvalue weighted by atomic mass is 10.1. The van der Waals surface area contributed by atoms with Crippen LogP contribution in [0.1, 0.15) is 27.5 Å². The van der Waals surface area contributed by atoms with E-state index in [1.807, 2.05) is 30.3 Å². The summed E-state index contributed by atoms with van der Waals surface area (Å²) in [6.07, 6.45) is 1.43. The van der Waals surface area contributed by atoms with Crippen LogP contribution in [0, 0.1) is 0 Å². The molecule has 31 heavy (non-hydrogen) atoms. The van der Waals surface area contributed by atoms with E-state index in [2.05, 4.69) is 22.0 Å². The molecule has 0 saturated carbocycles. The molecule has 1 aliphatic rings. The van der Waals surface area contributed by atoms with Crippen LogP contribution >= 0.6 is 23.2 Å². The summed E-state index contributed by atoms with van der Waals surface area (Å²) < 4.78 is 11.0. The number of hydrogen-bond acceptors (Lipinski definition) is 5. The highest BCUT2D eigenvalue weighted by atomic mass is 35.5. The Balaban J connectivity index is 1.50. The highest BCUT2D eigenvalue weighted by Crippen LogP contribution is 2.24. The molecule has 2 aromatic carbocycles. The Hall–Kier alpha value is -2.38. The second-order valence-corrected chi connectivity index (χ2v) is 8.24. The van der Waals surface area contributed by atoms with E-state index in [0.717, 1.165) is 11.1 Å². The molecule has 0 bridgehead atoms. The van der Waals surface area contributed by atoms with E-state index in [1.54, 1.807) is 11.0 Å². The average molecular weight is 460 g/mol. The Morgan fingerprint density at radius 2 is 1.81 bits per heavy atom. The molecule has 0 unspecified atom stereocenters. The van der Waals surface area contributed by atoms with Crippen molar-refractivity contribution >= 4 is 29.1 Å². The predicted octanol–water partition coefficient (Wildman–Crippen LogP) is 4.66. The molecular weight excluding hydrogens is 437 g/mol. The summed E-state index contributed by atoms with van der Waals surface area (Å²) >= 11 is 12.4. The summed E-state index contributed by atoms with van der Waals surface area (Å²) in [6, 6.07) is 15.6. The van der Waals surface area contributed by atoms with Gasteiger partial charge < -0.3 is 14.1 Å². The lowest BCUT2D eigenvalue weighted by Gasteiger charge is -2.25. The van der Waals surface area contributed by atoms with Crippen molar-refractivity contribution in [2.45, 2.75) is 19.6 Å². The molecule has 1 fully saturated rings. The minimum atomic E-state index is -0.131. The van der Waals surface area contributed by atoms with Gasteiger partial charge in [-0.3, -0.25) is 9.69 Å². The van der Waals surface area contributed by atoms with Crippen LogP contribution in [-0.4, -0.2) is 47.0 Å². The quantitative estimate of drug-likeness (QED) is 0.514. The first kappa shape index (κ1) is 21.8. The number of hydrogen-bond donors (Lipinski definition) is 0. The van der Waals surface area contributed by atoms with E-state index in [1.165, 1.54) is 6.26 Å². The number of aromatic nitrogens is 1. The molecule has 4 rings (SSSR count). The van der Waals surface area contributed by atoms with Gasteiger partial charge in [-0.15, -0.1) is 0 Å². The van der Waals surface area contributed by atoms with Crippen LogP contribution in [-0.2, 0) is 24.4 Å². The molecule has 0 atom stereocenters. The molecule has 162 valence electrons. The molecule has 6 nitrogen and oxygen atoms in total. The van der Waals surface area contributed by atoms with Gasteiger partial charge in [0.15, 0.2) is 5.69 Å². The Morgan fingerprint density at radius 1 is 1.03 bits per heavy atom. The summed E-state index contributed by atoms with van der Waals surface area (Å²) in [5, 5.41) is 1.21. The van der Waals surface area contributed by atoms with Gasteiger partial charge >= 0.3 is 0 Å². The monoisotopic (exact) mass is 459 g/mol. The fourth-order valence-corrected chi connectivity index (χ4v) is 3.97. The maximum Gasteiger partial charge on any atom is 0.275 e. The minimum Gasteiger partial charge on any atom is -0.447 e. The van der Waals surface area contributed by atoms with Crippen LogP contribution in [0.5, 0.6) is 0 Å². The van der Waals surface area contributed by atoms with E-state index >= 15 is 0 Å². The van der Waals surface area contributed by atoms with Gasteiger partial charge in [0, 0.05) is 36.2 Å². The summed E-state index contributed by atoms with van der Waals surface area (Å²) in [6.45, 7) is 3.91. The lowest BCUT2D eigenvalue weighted by molar-refractivity contribution is 0.0299. The maximum atomic E-state index is 12.7. The molecule has 2 heterocycles. The highest BCUT2D eigenvalue weighted by Gasteiger charge is 2.22. The Labute approximate surface area is 191 Å². The van der Waals surface area contributed by atoms with E-state index in [-0.39, 0.29) is 5.91 Å². The van der Waals surface area contributed by atoms with Crippen molar-refractivity contribution in [1.82, 2.24) is 14.8 Å². The van der Waals surface area contributed by atoms with E-state index < -0.39 is 0 Å². The van der Waals surface area contributed by atoms with Gasteiger partial charge in [-0.2, -0.15) is 0 Å². The third-order valence-corrected chi connectivity index (χ3v) is 5.67. The van der Waals surface area contributed by atoms with Gasteiger partial charge in [-0.25, -0.2) is 4.98 Å². The maximum absolute atomic E-state index is 12.7. The fourth-order valence-electron chi connectivity index (χ4n) is 3.50. The molecule has 0 N–H and O–H groups in total. The van der Waals surface area contributed by atoms with Crippen LogP contribution in [0.4, 0.5) is 0 Å². The van der Waals surface area contributed by atoms with Crippen molar-refractivity contribution < 1.29 is 13.9 Å². The topological polar surface area (TPSA) is 58.8 Å². The minimum absolute atomic E-state index is 0.131. The van der Waals surface area contributed by atoms with Crippen LogP contribution in [0.2, 0.25) is 10.0 Å². The van der Waals surface area contributed by atoms with Gasteiger partial charge in [0.05, 0.1) is 19.8 Å². The van der Waals surface area contributed by atoms with Gasteiger partial charge in [0.1, 0.15) is 6.26 Å². The summed E-state index contributed by atoms with van der Waals surface area (Å²) in [5.41, 5.74) is 2.43. The van der Waals surface area contributed by atoms with E-state index in [4.69, 9.17) is 32.4 Å². The first-order valence-electron chi connectivity index (χ1n) is 10.1. The van der Waals surface area contributed by atoms with E-state index in [9.17, 15) is 4.79 Å². The number of oxazole rings is 1. The average Bonchev–Trinajstić information content (AvgIpc) is 3.25. The van der Waals surface area contributed by atoms with Gasteiger partial charge in [0.2, 0.25) is 5.89 Å². The normalized spacial score (nSPS) is 14.2. The molecule has 1 aliphatic heterocycles. The first-order chi connectivity index (χ1) is 15.1. The number of amides is 1. The number of carbonyl (C=O) groups is 1. The molecule has 8 heteroatoms. The van der Waals surface area contributed by atoms with Gasteiger partial charge in [-0.1, -0.05) is 59.6 Å². The summed E-state index contributed by atoms with van der Waals surface area (Å²) in [7, 11) is 0. The smallest absolute Gasteiger partial charge is 0.275 e. The largest absolute Gasteiger partial charge is 0.447 e. The third kappa shape index (κ3) is 5.86. The number of carbonyl (C=O) groups excluding carboxylic acids is 1. The number of rotatable bonds is 7. The second-order valence-electron chi connectivity index (χ2n) is 7.40. The van der Waals surface area contributed by atoms with Crippen LogP contribution in [0.3, 0.4) is 0 Å². The third-order valence-electron chi connectivity index (χ3n) is 5.09. The molecular formula is C23H23Cl2N3O3. The van der Waals surface area contributed by atoms with Gasteiger partial charge in [-0.05, 0) is 23.3 Å². The van der Waals surface area contributed by atoms with Crippen LogP contribution < -0.4 is 0 Å². The standard InChI is InChI=1S/C23H23Cl2N3O3/c24-19-7-6-18(20(25)12-19)14-27(13-17-4-2-1-3-5-17)15-22-26-21(16-31-22)23(29)28-8-10-30-11-9-28/h1-7,12,16H,8-11,13-15H2. The number of nitrogens with zero attached hydrogens (tertiary/aromatic N) is 3. The van der Waals surface area contributed by atoms with Crippen LogP contribution in [0.25, 0.3) is 0 Å². The number of benzene rings is 2. The molecule has 3 aromatic rings. The van der Waals surface area contributed by atoms with Crippen molar-refractivity contribution in [2.24, 2.45) is 0 Å². The molecule has 0 radical (unpaired) electrons. The predicted molar refractivity (Wildman–Crippen MR) is 119 cm³/mol. The molecule has 1 aromatic heterocycles. The zero-order chi connectivity index (χ0) is 21.6. The SMILES string of the molecule is O=C(c1coc(CN(Cc2ccccc2)Cc2ccc(Cl)cc2Cl)n1)N1CCOCC1. The first-order valence-corrected chi connectivity index (χ1v) is 10.9. The van der Waals surface area contributed by atoms with Crippen molar-refractivity contribution in [3.8, 4) is 0 Å². The molecule has 0 spiro atoms. The molecule has 0 aliphatic carbocycles. The van der Waals surface area contributed by atoms with Crippen LogP contribution in [0.15, 0.2) is 59.2 Å².